The summed E-state index contributed by atoms with van der Waals surface area (Å²) in [6.45, 7) is 0.749. The Balaban J connectivity index is 2.11. The van der Waals surface area contributed by atoms with Crippen LogP contribution in [0.25, 0.3) is 0 Å². The van der Waals surface area contributed by atoms with E-state index in [2.05, 4.69) is 4.99 Å². The molecule has 1 atom stereocenters. The molecule has 15 heavy (non-hydrogen) atoms. The van der Waals surface area contributed by atoms with E-state index < -0.39 is 9.84 Å². The molecule has 2 aliphatic heterocycles. The summed E-state index contributed by atoms with van der Waals surface area (Å²) in [6.07, 6.45) is 3.00. The fourth-order valence-electron chi connectivity index (χ4n) is 2.09. The number of nitrogens with zero attached hydrogens (tertiary/aromatic N) is 2. The van der Waals surface area contributed by atoms with Gasteiger partial charge in [-0.3, -0.25) is 14.7 Å². The lowest BCUT2D eigenvalue weighted by molar-refractivity contribution is -0.116. The van der Waals surface area contributed by atoms with Gasteiger partial charge in [-0.1, -0.05) is 0 Å². The molecule has 2 heterocycles. The number of carbonyl (C=O) groups excluding carboxylic acids is 1. The largest absolute Gasteiger partial charge is 0.299 e. The van der Waals surface area contributed by atoms with E-state index in [0.29, 0.717) is 6.42 Å². The zero-order chi connectivity index (χ0) is 10.9. The van der Waals surface area contributed by atoms with Crippen LogP contribution in [0.5, 0.6) is 0 Å². The highest BCUT2D eigenvalue weighted by atomic mass is 32.2. The van der Waals surface area contributed by atoms with Crippen LogP contribution in [0, 0.1) is 0 Å². The van der Waals surface area contributed by atoms with Crippen molar-refractivity contribution in [3.05, 3.63) is 0 Å². The number of amides is 1. The second-order valence-corrected chi connectivity index (χ2v) is 6.20. The predicted molar refractivity (Wildman–Crippen MR) is 56.5 cm³/mol. The van der Waals surface area contributed by atoms with E-state index >= 15 is 0 Å². The Bertz CT molecular complexity index is 388. The van der Waals surface area contributed by atoms with Crippen LogP contribution in [-0.2, 0) is 14.6 Å². The van der Waals surface area contributed by atoms with Crippen LogP contribution < -0.4 is 0 Å². The average Bonchev–Trinajstić information content (AvgIpc) is 2.77. The van der Waals surface area contributed by atoms with Crippen LogP contribution in [0.4, 0.5) is 0 Å². The van der Waals surface area contributed by atoms with Crippen molar-refractivity contribution in [1.82, 2.24) is 4.90 Å². The highest BCUT2D eigenvalue weighted by Crippen LogP contribution is 2.19. The molecule has 0 unspecified atom stereocenters. The lowest BCUT2D eigenvalue weighted by atomic mass is 10.2. The Kier molecular flexibility index (Phi) is 2.77. The molecule has 0 spiro atoms. The lowest BCUT2D eigenvalue weighted by Crippen LogP contribution is -2.39. The van der Waals surface area contributed by atoms with Gasteiger partial charge in [0.05, 0.1) is 17.5 Å². The van der Waals surface area contributed by atoms with E-state index in [1.807, 2.05) is 0 Å². The molecule has 0 aromatic carbocycles. The molecule has 0 aliphatic carbocycles. The van der Waals surface area contributed by atoms with Gasteiger partial charge in [0.2, 0.25) is 6.41 Å². The molecule has 0 N–H and O–H groups in total. The number of aliphatic imine (C=N–C) groups is 1. The molecule has 6 heteroatoms. The van der Waals surface area contributed by atoms with E-state index in [9.17, 15) is 13.2 Å². The van der Waals surface area contributed by atoms with Gasteiger partial charge in [0.25, 0.3) is 0 Å². The number of hydrogen-bond acceptors (Lipinski definition) is 4. The quantitative estimate of drug-likeness (QED) is 0.618. The lowest BCUT2D eigenvalue weighted by Gasteiger charge is -2.23. The molecule has 84 valence electrons. The van der Waals surface area contributed by atoms with Gasteiger partial charge in [-0.25, -0.2) is 8.42 Å². The van der Waals surface area contributed by atoms with Gasteiger partial charge in [0.15, 0.2) is 9.84 Å². The number of amidine groups is 1. The smallest absolute Gasteiger partial charge is 0.215 e. The van der Waals surface area contributed by atoms with Crippen LogP contribution in [0.3, 0.4) is 0 Å². The minimum Gasteiger partial charge on any atom is -0.299 e. The topological polar surface area (TPSA) is 66.8 Å². The first-order valence-electron chi connectivity index (χ1n) is 5.10. The Morgan fingerprint density at radius 2 is 2.27 bits per heavy atom. The van der Waals surface area contributed by atoms with Crippen LogP contribution in [0.1, 0.15) is 19.3 Å². The molecule has 0 radical (unpaired) electrons. The van der Waals surface area contributed by atoms with Crippen molar-refractivity contribution in [3.63, 3.8) is 0 Å². The molecule has 1 fully saturated rings. The van der Waals surface area contributed by atoms with Crippen LogP contribution in [0.2, 0.25) is 0 Å². The fraction of sp³-hybridized carbons (Fsp3) is 0.778. The van der Waals surface area contributed by atoms with Crippen molar-refractivity contribution in [2.24, 2.45) is 4.99 Å². The standard InChI is InChI=1S/C9H14N2O3S/c12-7-11(9-2-1-4-10-9)8-3-5-15(13,14)6-8/h7-8H,1-6H2/t8-/m0/s1. The van der Waals surface area contributed by atoms with E-state index in [4.69, 9.17) is 0 Å². The molecule has 0 bridgehead atoms. The van der Waals surface area contributed by atoms with Crippen molar-refractivity contribution in [2.45, 2.75) is 25.3 Å². The van der Waals surface area contributed by atoms with Gasteiger partial charge < -0.3 is 0 Å². The molecular weight excluding hydrogens is 216 g/mol. The normalized spacial score (nSPS) is 28.8. The summed E-state index contributed by atoms with van der Waals surface area (Å²) >= 11 is 0. The number of rotatable bonds is 2. The third kappa shape index (κ3) is 2.19. The van der Waals surface area contributed by atoms with Crippen LogP contribution in [0.15, 0.2) is 4.99 Å². The first-order chi connectivity index (χ1) is 7.12. The van der Waals surface area contributed by atoms with Crippen molar-refractivity contribution in [2.75, 3.05) is 18.1 Å². The van der Waals surface area contributed by atoms with Crippen molar-refractivity contribution >= 4 is 22.1 Å². The Morgan fingerprint density at radius 1 is 1.47 bits per heavy atom. The monoisotopic (exact) mass is 230 g/mol. The molecule has 0 saturated carbocycles. The zero-order valence-electron chi connectivity index (χ0n) is 8.42. The van der Waals surface area contributed by atoms with Gasteiger partial charge in [-0.2, -0.15) is 0 Å². The fourth-order valence-corrected chi connectivity index (χ4v) is 3.80. The predicted octanol–water partition coefficient (Wildman–Crippen LogP) is -0.176. The Morgan fingerprint density at radius 3 is 2.73 bits per heavy atom. The maximum atomic E-state index is 11.3. The van der Waals surface area contributed by atoms with Gasteiger partial charge in [0, 0.05) is 13.0 Å². The van der Waals surface area contributed by atoms with Gasteiger partial charge in [-0.15, -0.1) is 0 Å². The second-order valence-electron chi connectivity index (χ2n) is 3.97. The Hall–Kier alpha value is -0.910. The third-order valence-corrected chi connectivity index (χ3v) is 4.62. The van der Waals surface area contributed by atoms with E-state index in [1.165, 1.54) is 4.90 Å². The highest BCUT2D eigenvalue weighted by Gasteiger charge is 2.34. The summed E-state index contributed by atoms with van der Waals surface area (Å²) in [5.74, 6) is 1.03. The maximum Gasteiger partial charge on any atom is 0.215 e. The minimum atomic E-state index is -2.94. The first-order valence-corrected chi connectivity index (χ1v) is 6.92. The van der Waals surface area contributed by atoms with Crippen LogP contribution >= 0.6 is 0 Å². The number of carbonyl (C=O) groups is 1. The molecule has 2 aliphatic rings. The van der Waals surface area contributed by atoms with E-state index in [1.54, 1.807) is 0 Å². The number of sulfone groups is 1. The SMILES string of the molecule is O=CN(C1=NCCC1)[C@H]1CCS(=O)(=O)C1. The Labute approximate surface area is 89.1 Å². The summed E-state index contributed by atoms with van der Waals surface area (Å²) in [6, 6.07) is -0.190. The van der Waals surface area contributed by atoms with Gasteiger partial charge >= 0.3 is 0 Å². The molecule has 0 aromatic heterocycles. The van der Waals surface area contributed by atoms with Crippen LogP contribution in [-0.4, -0.2) is 49.7 Å². The van der Waals surface area contributed by atoms with E-state index in [0.717, 1.165) is 31.6 Å². The molecular formula is C9H14N2O3S. The summed E-state index contributed by atoms with van der Waals surface area (Å²) in [5.41, 5.74) is 0. The number of hydrogen-bond donors (Lipinski definition) is 0. The first kappa shape index (κ1) is 10.6. The van der Waals surface area contributed by atoms with Gasteiger partial charge in [0.1, 0.15) is 5.84 Å². The van der Waals surface area contributed by atoms with Crippen molar-refractivity contribution in [3.8, 4) is 0 Å². The molecule has 1 amide bonds. The average molecular weight is 230 g/mol. The summed E-state index contributed by atoms with van der Waals surface area (Å²) in [4.78, 5) is 16.7. The second kappa shape index (κ2) is 3.92. The van der Waals surface area contributed by atoms with Crippen molar-refractivity contribution in [1.29, 1.82) is 0 Å². The third-order valence-electron chi connectivity index (χ3n) is 2.87. The minimum absolute atomic E-state index is 0.0881. The summed E-state index contributed by atoms with van der Waals surface area (Å²) in [5, 5.41) is 0. The van der Waals surface area contributed by atoms with Gasteiger partial charge in [-0.05, 0) is 12.8 Å². The summed E-state index contributed by atoms with van der Waals surface area (Å²) < 4.78 is 22.6. The molecule has 0 aromatic rings. The molecule has 5 nitrogen and oxygen atoms in total. The zero-order valence-corrected chi connectivity index (χ0v) is 9.24. The molecule has 2 rings (SSSR count). The van der Waals surface area contributed by atoms with Crippen molar-refractivity contribution < 1.29 is 13.2 Å². The highest BCUT2D eigenvalue weighted by molar-refractivity contribution is 7.91. The summed E-state index contributed by atoms with van der Waals surface area (Å²) in [7, 11) is -2.94. The molecule has 1 saturated heterocycles. The maximum absolute atomic E-state index is 11.3. The van der Waals surface area contributed by atoms with E-state index in [-0.39, 0.29) is 17.5 Å².